The van der Waals surface area contributed by atoms with Gasteiger partial charge in [-0.25, -0.2) is 0 Å². The van der Waals surface area contributed by atoms with E-state index in [1.165, 1.54) is 0 Å². The lowest BCUT2D eigenvalue weighted by Gasteiger charge is -2.36. The Morgan fingerprint density at radius 2 is 1.31 bits per heavy atom. The van der Waals surface area contributed by atoms with Crippen LogP contribution in [0.5, 0.6) is 28.7 Å². The van der Waals surface area contributed by atoms with Crippen LogP contribution in [0.4, 0.5) is 11.4 Å². The van der Waals surface area contributed by atoms with Gasteiger partial charge in [-0.1, -0.05) is 0 Å². The summed E-state index contributed by atoms with van der Waals surface area (Å²) in [7, 11) is 3.12. The summed E-state index contributed by atoms with van der Waals surface area (Å²) in [5, 5.41) is 5.94. The lowest BCUT2D eigenvalue weighted by Crippen LogP contribution is -2.48. The van der Waals surface area contributed by atoms with Gasteiger partial charge in [0, 0.05) is 54.7 Å². The van der Waals surface area contributed by atoms with Crippen molar-refractivity contribution in [3.8, 4) is 28.7 Å². The number of piperazine rings is 1. The van der Waals surface area contributed by atoms with Crippen molar-refractivity contribution in [2.75, 3.05) is 70.4 Å². The smallest absolute Gasteiger partial charge is 0.257 e. The number of nitrogens with zero attached hydrogens (tertiary/aromatic N) is 2. The van der Waals surface area contributed by atoms with Crippen LogP contribution >= 0.6 is 12.2 Å². The molecule has 4 rings (SSSR count). The molecule has 1 heterocycles. The second-order valence-electron chi connectivity index (χ2n) is 9.94. The van der Waals surface area contributed by atoms with Gasteiger partial charge in [0.15, 0.2) is 16.6 Å². The molecule has 0 saturated carbocycles. The van der Waals surface area contributed by atoms with Gasteiger partial charge in [0.1, 0.15) is 11.5 Å². The number of ether oxygens (including phenoxy) is 5. The number of methoxy groups -OCH3 is 2. The topological polar surface area (TPSA) is 111 Å². The van der Waals surface area contributed by atoms with Gasteiger partial charge in [-0.2, -0.15) is 0 Å². The average molecular weight is 637 g/mol. The molecule has 0 atom stereocenters. The van der Waals surface area contributed by atoms with E-state index in [2.05, 4.69) is 15.5 Å². The zero-order valence-electron chi connectivity index (χ0n) is 26.3. The highest BCUT2D eigenvalue weighted by molar-refractivity contribution is 7.80. The first-order chi connectivity index (χ1) is 21.8. The lowest BCUT2D eigenvalue weighted by molar-refractivity contribution is 0.0745. The van der Waals surface area contributed by atoms with Crippen molar-refractivity contribution in [2.45, 2.75) is 20.8 Å². The Balaban J connectivity index is 1.33. The highest BCUT2D eigenvalue weighted by atomic mass is 32.1. The van der Waals surface area contributed by atoms with Crippen molar-refractivity contribution in [3.05, 3.63) is 65.7 Å². The Morgan fingerprint density at radius 3 is 1.82 bits per heavy atom. The van der Waals surface area contributed by atoms with E-state index < -0.39 is 5.91 Å². The Morgan fingerprint density at radius 1 is 0.756 bits per heavy atom. The molecule has 0 spiro atoms. The standard InChI is InChI=1S/C33H40N4O7S/c1-6-42-28-19-22(20-29(43-7-2)30(28)44-8-3)31(38)35-33(45)34-24-9-11-25(12-10-24)36-13-15-37(16-14-36)32(39)23-17-26(40-4)21-27(18-23)41-5/h9-12,17-21H,6-8,13-16H2,1-5H3,(H2,34,35,38,45). The number of hydrogen-bond acceptors (Lipinski definition) is 9. The summed E-state index contributed by atoms with van der Waals surface area (Å²) in [5.74, 6) is 2.00. The van der Waals surface area contributed by atoms with E-state index in [0.717, 1.165) is 11.4 Å². The third-order valence-corrected chi connectivity index (χ3v) is 7.26. The summed E-state index contributed by atoms with van der Waals surface area (Å²) >= 11 is 5.42. The molecule has 0 aromatic heterocycles. The third kappa shape index (κ3) is 8.48. The van der Waals surface area contributed by atoms with Gasteiger partial charge in [-0.05, 0) is 81.5 Å². The lowest BCUT2D eigenvalue weighted by atomic mass is 10.1. The second-order valence-corrected chi connectivity index (χ2v) is 10.3. The van der Waals surface area contributed by atoms with Crippen LogP contribution in [0.3, 0.4) is 0 Å². The van der Waals surface area contributed by atoms with Gasteiger partial charge in [-0.15, -0.1) is 0 Å². The Kier molecular flexibility index (Phi) is 11.7. The van der Waals surface area contributed by atoms with Gasteiger partial charge in [-0.3, -0.25) is 14.9 Å². The van der Waals surface area contributed by atoms with Crippen LogP contribution in [-0.4, -0.2) is 82.0 Å². The third-order valence-electron chi connectivity index (χ3n) is 7.05. The molecule has 1 saturated heterocycles. The molecule has 2 N–H and O–H groups in total. The summed E-state index contributed by atoms with van der Waals surface area (Å²) in [6.07, 6.45) is 0. The monoisotopic (exact) mass is 636 g/mol. The maximum absolute atomic E-state index is 13.2. The SMILES string of the molecule is CCOc1cc(C(=O)NC(=S)Nc2ccc(N3CCN(C(=O)c4cc(OC)cc(OC)c4)CC3)cc2)cc(OCC)c1OCC. The molecule has 0 unspecified atom stereocenters. The van der Waals surface area contributed by atoms with Crippen molar-refractivity contribution in [1.82, 2.24) is 10.2 Å². The minimum Gasteiger partial charge on any atom is -0.497 e. The largest absolute Gasteiger partial charge is 0.497 e. The summed E-state index contributed by atoms with van der Waals surface area (Å²) in [6.45, 7) is 9.34. The minimum atomic E-state index is -0.408. The van der Waals surface area contributed by atoms with Crippen molar-refractivity contribution in [1.29, 1.82) is 0 Å². The molecule has 3 aromatic rings. The number of hydrogen-bond donors (Lipinski definition) is 2. The summed E-state index contributed by atoms with van der Waals surface area (Å²) in [5.41, 5.74) is 2.60. The predicted octanol–water partition coefficient (Wildman–Crippen LogP) is 4.99. The van der Waals surface area contributed by atoms with Crippen LogP contribution in [0, 0.1) is 0 Å². The molecule has 1 aliphatic rings. The Bertz CT molecular complexity index is 1440. The quantitative estimate of drug-likeness (QED) is 0.264. The molecule has 0 radical (unpaired) electrons. The fraction of sp³-hybridized carbons (Fsp3) is 0.364. The van der Waals surface area contributed by atoms with Crippen molar-refractivity contribution in [2.24, 2.45) is 0 Å². The van der Waals surface area contributed by atoms with E-state index in [-0.39, 0.29) is 11.0 Å². The van der Waals surface area contributed by atoms with Crippen LogP contribution in [0.25, 0.3) is 0 Å². The molecule has 1 fully saturated rings. The molecule has 1 aliphatic heterocycles. The zero-order chi connectivity index (χ0) is 32.3. The average Bonchev–Trinajstić information content (AvgIpc) is 3.06. The number of anilines is 2. The van der Waals surface area contributed by atoms with Crippen LogP contribution in [-0.2, 0) is 0 Å². The summed E-state index contributed by atoms with van der Waals surface area (Å²) in [4.78, 5) is 30.3. The van der Waals surface area contributed by atoms with Gasteiger partial charge in [0.05, 0.1) is 34.0 Å². The molecule has 240 valence electrons. The summed E-state index contributed by atoms with van der Waals surface area (Å²) < 4.78 is 27.8. The van der Waals surface area contributed by atoms with Gasteiger partial charge in [0.25, 0.3) is 11.8 Å². The highest BCUT2D eigenvalue weighted by Gasteiger charge is 2.24. The number of thiocarbonyl (C=S) groups is 1. The first kappa shape index (κ1) is 33.2. The van der Waals surface area contributed by atoms with E-state index >= 15 is 0 Å². The summed E-state index contributed by atoms with van der Waals surface area (Å²) in [6, 6.07) is 16.2. The van der Waals surface area contributed by atoms with Crippen LogP contribution < -0.4 is 39.2 Å². The van der Waals surface area contributed by atoms with E-state index in [1.54, 1.807) is 44.6 Å². The fourth-order valence-electron chi connectivity index (χ4n) is 4.89. The first-order valence-corrected chi connectivity index (χ1v) is 15.3. The molecule has 0 bridgehead atoms. The molecular formula is C33H40N4O7S. The molecule has 0 aliphatic carbocycles. The molecule has 12 heteroatoms. The number of benzene rings is 3. The Labute approximate surface area is 269 Å². The van der Waals surface area contributed by atoms with Gasteiger partial charge in [0.2, 0.25) is 5.75 Å². The van der Waals surface area contributed by atoms with E-state index in [9.17, 15) is 9.59 Å². The van der Waals surface area contributed by atoms with Gasteiger partial charge >= 0.3 is 0 Å². The molecule has 3 aromatic carbocycles. The molecular weight excluding hydrogens is 596 g/mol. The Hall–Kier alpha value is -4.71. The molecule has 11 nitrogen and oxygen atoms in total. The highest BCUT2D eigenvalue weighted by Crippen LogP contribution is 2.39. The number of nitrogens with one attached hydrogen (secondary N) is 2. The minimum absolute atomic E-state index is 0.0598. The second kappa shape index (κ2) is 15.8. The number of rotatable bonds is 12. The number of carbonyl (C=O) groups is 2. The number of amides is 2. The predicted molar refractivity (Wildman–Crippen MR) is 178 cm³/mol. The fourth-order valence-corrected chi connectivity index (χ4v) is 5.10. The van der Waals surface area contributed by atoms with Crippen LogP contribution in [0.15, 0.2) is 54.6 Å². The van der Waals surface area contributed by atoms with Crippen molar-refractivity contribution >= 4 is 40.5 Å². The van der Waals surface area contributed by atoms with E-state index in [4.69, 9.17) is 35.9 Å². The van der Waals surface area contributed by atoms with Crippen LogP contribution in [0.1, 0.15) is 41.5 Å². The maximum Gasteiger partial charge on any atom is 0.257 e. The molecule has 2 amide bonds. The van der Waals surface area contributed by atoms with E-state index in [0.29, 0.717) is 85.9 Å². The first-order valence-electron chi connectivity index (χ1n) is 14.9. The molecule has 45 heavy (non-hydrogen) atoms. The maximum atomic E-state index is 13.2. The van der Waals surface area contributed by atoms with Crippen molar-refractivity contribution in [3.63, 3.8) is 0 Å². The number of carbonyl (C=O) groups excluding carboxylic acids is 2. The van der Waals surface area contributed by atoms with Crippen molar-refractivity contribution < 1.29 is 33.3 Å². The van der Waals surface area contributed by atoms with Crippen LogP contribution in [0.2, 0.25) is 0 Å². The normalized spacial score (nSPS) is 12.6. The zero-order valence-corrected chi connectivity index (χ0v) is 27.1. The van der Waals surface area contributed by atoms with Gasteiger partial charge < -0.3 is 38.8 Å². The van der Waals surface area contributed by atoms with E-state index in [1.807, 2.05) is 49.9 Å².